The third-order valence-corrected chi connectivity index (χ3v) is 4.82. The molecule has 0 saturated heterocycles. The minimum atomic E-state index is 0.201. The van der Waals surface area contributed by atoms with Gasteiger partial charge in [0.05, 0.1) is 0 Å². The van der Waals surface area contributed by atoms with Crippen molar-refractivity contribution in [1.82, 2.24) is 0 Å². The highest BCUT2D eigenvalue weighted by molar-refractivity contribution is 4.94. The summed E-state index contributed by atoms with van der Waals surface area (Å²) in [5.41, 5.74) is 0.201. The van der Waals surface area contributed by atoms with Crippen molar-refractivity contribution in [3.05, 3.63) is 6.92 Å². The van der Waals surface area contributed by atoms with Crippen LogP contribution in [0.3, 0.4) is 0 Å². The zero-order valence-corrected chi connectivity index (χ0v) is 10.5. The van der Waals surface area contributed by atoms with E-state index in [1.54, 1.807) is 0 Å². The molecule has 0 aromatic rings. The van der Waals surface area contributed by atoms with Crippen LogP contribution >= 0.6 is 0 Å². The lowest BCUT2D eigenvalue weighted by atomic mass is 9.60. The van der Waals surface area contributed by atoms with Gasteiger partial charge in [-0.25, -0.2) is 0 Å². The SMILES string of the molecule is [CH]C1(C2CCCC(C)C2)CCCC(C)C1. The third-order valence-electron chi connectivity index (χ3n) is 4.82. The van der Waals surface area contributed by atoms with Crippen molar-refractivity contribution >= 4 is 0 Å². The van der Waals surface area contributed by atoms with E-state index < -0.39 is 0 Å². The number of rotatable bonds is 1. The molecular weight excluding hydrogens is 180 g/mol. The average molecular weight is 206 g/mol. The summed E-state index contributed by atoms with van der Waals surface area (Å²) in [6.07, 6.45) is 11.0. The third kappa shape index (κ3) is 2.57. The van der Waals surface area contributed by atoms with Crippen molar-refractivity contribution in [3.63, 3.8) is 0 Å². The van der Waals surface area contributed by atoms with E-state index in [1.807, 2.05) is 0 Å². The van der Waals surface area contributed by atoms with Crippen molar-refractivity contribution in [1.29, 1.82) is 0 Å². The molecule has 2 fully saturated rings. The van der Waals surface area contributed by atoms with Crippen LogP contribution in [-0.4, -0.2) is 0 Å². The van der Waals surface area contributed by atoms with Gasteiger partial charge in [0.15, 0.2) is 0 Å². The van der Waals surface area contributed by atoms with Gasteiger partial charge in [0.2, 0.25) is 0 Å². The summed E-state index contributed by atoms with van der Waals surface area (Å²) >= 11 is 0. The summed E-state index contributed by atoms with van der Waals surface area (Å²) < 4.78 is 0. The molecule has 0 amide bonds. The molecule has 4 atom stereocenters. The Hall–Kier alpha value is 0. The standard InChI is InChI=1S/C15H26/c1-12-6-4-8-14(10-12)15(3)9-5-7-13(2)11-15/h3,12-14H,4-11H2,1-2H3. The molecule has 0 aromatic carbocycles. The zero-order chi connectivity index (χ0) is 10.9. The first-order valence-electron chi connectivity index (χ1n) is 6.89. The molecule has 0 N–H and O–H groups in total. The fourth-order valence-corrected chi connectivity index (χ4v) is 3.96. The van der Waals surface area contributed by atoms with Gasteiger partial charge < -0.3 is 0 Å². The minimum absolute atomic E-state index is 0.201. The molecule has 86 valence electrons. The molecule has 4 unspecified atom stereocenters. The molecule has 15 heavy (non-hydrogen) atoms. The highest BCUT2D eigenvalue weighted by Crippen LogP contribution is 2.49. The topological polar surface area (TPSA) is 0 Å². The molecule has 0 bridgehead atoms. The predicted molar refractivity (Wildman–Crippen MR) is 65.5 cm³/mol. The largest absolute Gasteiger partial charge is 0.0625 e. The lowest BCUT2D eigenvalue weighted by Gasteiger charge is -2.45. The molecule has 2 rings (SSSR count). The first-order chi connectivity index (χ1) is 7.10. The van der Waals surface area contributed by atoms with Gasteiger partial charge in [-0.05, 0) is 55.8 Å². The molecule has 0 aliphatic heterocycles. The molecule has 2 radical (unpaired) electrons. The Morgan fingerprint density at radius 2 is 1.73 bits per heavy atom. The Morgan fingerprint density at radius 3 is 2.40 bits per heavy atom. The van der Waals surface area contributed by atoms with E-state index in [9.17, 15) is 0 Å². The summed E-state index contributed by atoms with van der Waals surface area (Å²) in [6, 6.07) is 0. The van der Waals surface area contributed by atoms with Crippen LogP contribution in [0.15, 0.2) is 0 Å². The fourth-order valence-electron chi connectivity index (χ4n) is 3.96. The molecule has 2 aliphatic carbocycles. The highest BCUT2D eigenvalue weighted by atomic mass is 14.4. The van der Waals surface area contributed by atoms with Crippen LogP contribution in [-0.2, 0) is 0 Å². The second-order valence-corrected chi connectivity index (χ2v) is 6.40. The van der Waals surface area contributed by atoms with E-state index >= 15 is 0 Å². The number of hydrogen-bond acceptors (Lipinski definition) is 0. The summed E-state index contributed by atoms with van der Waals surface area (Å²) in [5, 5.41) is 0. The lowest BCUT2D eigenvalue weighted by Crippen LogP contribution is -2.35. The van der Waals surface area contributed by atoms with Gasteiger partial charge in [0.25, 0.3) is 0 Å². The zero-order valence-electron chi connectivity index (χ0n) is 10.5. The van der Waals surface area contributed by atoms with Crippen molar-refractivity contribution in [3.8, 4) is 0 Å². The van der Waals surface area contributed by atoms with E-state index in [0.29, 0.717) is 0 Å². The number of hydrogen-bond donors (Lipinski definition) is 0. The first-order valence-corrected chi connectivity index (χ1v) is 6.89. The summed E-state index contributed by atoms with van der Waals surface area (Å²) in [4.78, 5) is 0. The summed E-state index contributed by atoms with van der Waals surface area (Å²) in [5.74, 6) is 2.60. The van der Waals surface area contributed by atoms with Crippen LogP contribution in [0.2, 0.25) is 0 Å². The molecule has 2 saturated carbocycles. The minimum Gasteiger partial charge on any atom is -0.0625 e. The Kier molecular flexibility index (Phi) is 3.42. The van der Waals surface area contributed by atoms with E-state index in [0.717, 1.165) is 17.8 Å². The second-order valence-electron chi connectivity index (χ2n) is 6.40. The molecule has 0 aromatic heterocycles. The van der Waals surface area contributed by atoms with E-state index in [1.165, 1.54) is 51.4 Å². The average Bonchev–Trinajstić information content (AvgIpc) is 2.17. The van der Waals surface area contributed by atoms with Crippen molar-refractivity contribution in [2.75, 3.05) is 0 Å². The van der Waals surface area contributed by atoms with Gasteiger partial charge in [0, 0.05) is 0 Å². The molecule has 2 aliphatic rings. The second kappa shape index (κ2) is 4.47. The Morgan fingerprint density at radius 1 is 1.00 bits per heavy atom. The van der Waals surface area contributed by atoms with Gasteiger partial charge in [-0.15, -0.1) is 0 Å². The van der Waals surface area contributed by atoms with E-state index in [4.69, 9.17) is 6.92 Å². The Bertz CT molecular complexity index is 208. The van der Waals surface area contributed by atoms with Crippen molar-refractivity contribution in [2.24, 2.45) is 23.2 Å². The van der Waals surface area contributed by atoms with Crippen molar-refractivity contribution in [2.45, 2.75) is 65.2 Å². The van der Waals surface area contributed by atoms with Crippen LogP contribution in [0.4, 0.5) is 0 Å². The molecule has 0 heterocycles. The van der Waals surface area contributed by atoms with Gasteiger partial charge in [-0.3, -0.25) is 0 Å². The molecular formula is C15H26. The van der Waals surface area contributed by atoms with E-state index in [-0.39, 0.29) is 5.41 Å². The van der Waals surface area contributed by atoms with Crippen LogP contribution in [0, 0.1) is 30.1 Å². The van der Waals surface area contributed by atoms with Gasteiger partial charge in [-0.2, -0.15) is 0 Å². The summed E-state index contributed by atoms with van der Waals surface area (Å²) in [7, 11) is 0. The van der Waals surface area contributed by atoms with Crippen molar-refractivity contribution < 1.29 is 0 Å². The van der Waals surface area contributed by atoms with Crippen LogP contribution in [0.5, 0.6) is 0 Å². The lowest BCUT2D eigenvalue weighted by molar-refractivity contribution is 0.0742. The quantitative estimate of drug-likeness (QED) is 0.582. The maximum atomic E-state index is 6.69. The first kappa shape index (κ1) is 11.5. The Balaban J connectivity index is 2.00. The highest BCUT2D eigenvalue weighted by Gasteiger charge is 2.39. The van der Waals surface area contributed by atoms with Gasteiger partial charge in [-0.1, -0.05) is 39.5 Å². The van der Waals surface area contributed by atoms with Gasteiger partial charge >= 0.3 is 0 Å². The predicted octanol–water partition coefficient (Wildman–Crippen LogP) is 4.72. The van der Waals surface area contributed by atoms with Gasteiger partial charge in [0.1, 0.15) is 0 Å². The monoisotopic (exact) mass is 206 g/mol. The summed E-state index contributed by atoms with van der Waals surface area (Å²) in [6.45, 7) is 11.5. The van der Waals surface area contributed by atoms with Crippen LogP contribution in [0.25, 0.3) is 0 Å². The maximum Gasteiger partial charge on any atom is -0.0232 e. The molecule has 0 spiro atoms. The molecule has 0 heteroatoms. The molecule has 0 nitrogen and oxygen atoms in total. The fraction of sp³-hybridized carbons (Fsp3) is 0.933. The van der Waals surface area contributed by atoms with Crippen LogP contribution < -0.4 is 0 Å². The van der Waals surface area contributed by atoms with E-state index in [2.05, 4.69) is 13.8 Å². The maximum absolute atomic E-state index is 6.69. The van der Waals surface area contributed by atoms with Crippen LogP contribution in [0.1, 0.15) is 65.2 Å². The smallest absolute Gasteiger partial charge is 0.0232 e. The normalized spacial score (nSPS) is 47.8. The Labute approximate surface area is 95.8 Å².